The Hall–Kier alpha value is -1.46. The van der Waals surface area contributed by atoms with Crippen LogP contribution in [0.4, 0.5) is 8.78 Å². The molecule has 1 aromatic heterocycles. The van der Waals surface area contributed by atoms with Gasteiger partial charge >= 0.3 is 6.61 Å². The van der Waals surface area contributed by atoms with E-state index in [-0.39, 0.29) is 5.75 Å². The minimum absolute atomic E-state index is 0.188. The van der Waals surface area contributed by atoms with Crippen molar-refractivity contribution >= 4 is 11.3 Å². The predicted octanol–water partition coefficient (Wildman–Crippen LogP) is 4.26. The van der Waals surface area contributed by atoms with E-state index >= 15 is 0 Å². The van der Waals surface area contributed by atoms with Gasteiger partial charge in [0, 0.05) is 22.8 Å². The third-order valence-electron chi connectivity index (χ3n) is 2.94. The van der Waals surface area contributed by atoms with Gasteiger partial charge in [0.05, 0.1) is 0 Å². The second kappa shape index (κ2) is 6.81. The molecule has 0 aliphatic rings. The van der Waals surface area contributed by atoms with Gasteiger partial charge in [-0.2, -0.15) is 8.78 Å². The molecule has 108 valence electrons. The molecule has 5 heteroatoms. The number of nitrogens with one attached hydrogen (secondary N) is 1. The Bertz CT molecular complexity index is 552. The Balaban J connectivity index is 1.83. The first-order valence-electron chi connectivity index (χ1n) is 6.35. The maximum atomic E-state index is 12.0. The number of alkyl halides is 2. The molecule has 20 heavy (non-hydrogen) atoms. The van der Waals surface area contributed by atoms with Crippen LogP contribution in [-0.2, 0) is 13.1 Å². The summed E-state index contributed by atoms with van der Waals surface area (Å²) in [6.45, 7) is 2.95. The maximum Gasteiger partial charge on any atom is 0.387 e. The second-order valence-electron chi connectivity index (χ2n) is 4.56. The molecule has 0 fully saturated rings. The Morgan fingerprint density at radius 3 is 2.40 bits per heavy atom. The van der Waals surface area contributed by atoms with Gasteiger partial charge in [-0.15, -0.1) is 11.3 Å². The van der Waals surface area contributed by atoms with E-state index in [1.165, 1.54) is 15.3 Å². The number of benzene rings is 1. The van der Waals surface area contributed by atoms with Gasteiger partial charge in [0.25, 0.3) is 0 Å². The number of rotatable bonds is 6. The summed E-state index contributed by atoms with van der Waals surface area (Å²) in [5.41, 5.74) is 2.35. The van der Waals surface area contributed by atoms with Crippen LogP contribution in [0.3, 0.4) is 0 Å². The molecular weight excluding hydrogens is 280 g/mol. The van der Waals surface area contributed by atoms with Crippen LogP contribution < -0.4 is 10.1 Å². The largest absolute Gasteiger partial charge is 0.435 e. The molecular formula is C15H17F2NOS. The predicted molar refractivity (Wildman–Crippen MR) is 77.4 cm³/mol. The number of aryl methyl sites for hydroxylation is 2. The summed E-state index contributed by atoms with van der Waals surface area (Å²) in [5, 5.41) is 3.35. The van der Waals surface area contributed by atoms with Crippen LogP contribution in [0.25, 0.3) is 0 Å². The molecule has 0 saturated carbocycles. The van der Waals surface area contributed by atoms with E-state index in [2.05, 4.69) is 30.0 Å². The van der Waals surface area contributed by atoms with Crippen molar-refractivity contribution in [2.45, 2.75) is 33.5 Å². The fourth-order valence-corrected chi connectivity index (χ4v) is 2.94. The Morgan fingerprint density at radius 1 is 1.15 bits per heavy atom. The van der Waals surface area contributed by atoms with Crippen LogP contribution in [0.5, 0.6) is 5.75 Å². The van der Waals surface area contributed by atoms with Crippen LogP contribution in [0.2, 0.25) is 0 Å². The van der Waals surface area contributed by atoms with Gasteiger partial charge in [-0.25, -0.2) is 0 Å². The van der Waals surface area contributed by atoms with E-state index in [0.717, 1.165) is 12.1 Å². The molecule has 0 aliphatic carbocycles. The minimum atomic E-state index is -2.77. The first-order valence-corrected chi connectivity index (χ1v) is 7.16. The molecule has 1 aromatic carbocycles. The average Bonchev–Trinajstić information content (AvgIpc) is 2.69. The molecule has 2 rings (SSSR count). The Morgan fingerprint density at radius 2 is 1.85 bits per heavy atom. The maximum absolute atomic E-state index is 12.0. The Labute approximate surface area is 121 Å². The summed E-state index contributed by atoms with van der Waals surface area (Å²) in [6, 6.07) is 8.88. The zero-order chi connectivity index (χ0) is 14.5. The SMILES string of the molecule is Cc1cc(CNCc2ccc(OC(F)F)cc2)c(C)s1. The van der Waals surface area contributed by atoms with Crippen molar-refractivity contribution in [3.05, 3.63) is 51.2 Å². The van der Waals surface area contributed by atoms with Crippen molar-refractivity contribution in [3.8, 4) is 5.75 Å². The summed E-state index contributed by atoms with van der Waals surface area (Å²) < 4.78 is 28.3. The van der Waals surface area contributed by atoms with Gasteiger partial charge in [0.1, 0.15) is 5.75 Å². The fourth-order valence-electron chi connectivity index (χ4n) is 1.99. The molecule has 0 radical (unpaired) electrons. The lowest BCUT2D eigenvalue weighted by molar-refractivity contribution is -0.0498. The molecule has 0 bridgehead atoms. The molecule has 0 atom stereocenters. The molecule has 2 nitrogen and oxygen atoms in total. The summed E-state index contributed by atoms with van der Waals surface area (Å²) in [4.78, 5) is 2.64. The molecule has 0 aliphatic heterocycles. The van der Waals surface area contributed by atoms with Gasteiger partial charge in [0.15, 0.2) is 0 Å². The fraction of sp³-hybridized carbons (Fsp3) is 0.333. The molecule has 1 N–H and O–H groups in total. The van der Waals surface area contributed by atoms with Crippen LogP contribution in [0.1, 0.15) is 20.9 Å². The van der Waals surface area contributed by atoms with Crippen molar-refractivity contribution < 1.29 is 13.5 Å². The highest BCUT2D eigenvalue weighted by molar-refractivity contribution is 7.12. The Kier molecular flexibility index (Phi) is 5.09. The lowest BCUT2D eigenvalue weighted by atomic mass is 10.2. The van der Waals surface area contributed by atoms with Crippen LogP contribution in [-0.4, -0.2) is 6.61 Å². The highest BCUT2D eigenvalue weighted by Crippen LogP contribution is 2.20. The van der Waals surface area contributed by atoms with Gasteiger partial charge in [-0.1, -0.05) is 12.1 Å². The van der Waals surface area contributed by atoms with Crippen molar-refractivity contribution in [3.63, 3.8) is 0 Å². The molecule has 0 spiro atoms. The molecule has 0 saturated heterocycles. The second-order valence-corrected chi connectivity index (χ2v) is 6.02. The minimum Gasteiger partial charge on any atom is -0.435 e. The lowest BCUT2D eigenvalue weighted by Gasteiger charge is -2.07. The number of halogens is 2. The van der Waals surface area contributed by atoms with Gasteiger partial charge in [-0.3, -0.25) is 0 Å². The first-order chi connectivity index (χ1) is 9.54. The molecule has 0 amide bonds. The van der Waals surface area contributed by atoms with Crippen LogP contribution in [0, 0.1) is 13.8 Å². The van der Waals surface area contributed by atoms with E-state index in [0.29, 0.717) is 6.54 Å². The lowest BCUT2D eigenvalue weighted by Crippen LogP contribution is -2.12. The van der Waals surface area contributed by atoms with Crippen molar-refractivity contribution in [2.75, 3.05) is 0 Å². The first kappa shape index (κ1) is 14.9. The van der Waals surface area contributed by atoms with Crippen molar-refractivity contribution in [1.29, 1.82) is 0 Å². The van der Waals surface area contributed by atoms with Crippen molar-refractivity contribution in [2.24, 2.45) is 0 Å². The number of thiophene rings is 1. The zero-order valence-electron chi connectivity index (χ0n) is 11.5. The topological polar surface area (TPSA) is 21.3 Å². The van der Waals surface area contributed by atoms with Gasteiger partial charge < -0.3 is 10.1 Å². The summed E-state index contributed by atoms with van der Waals surface area (Å²) >= 11 is 1.80. The van der Waals surface area contributed by atoms with Crippen LogP contribution in [0.15, 0.2) is 30.3 Å². The smallest absolute Gasteiger partial charge is 0.387 e. The van der Waals surface area contributed by atoms with E-state index < -0.39 is 6.61 Å². The third-order valence-corrected chi connectivity index (χ3v) is 3.95. The number of hydrogen-bond donors (Lipinski definition) is 1. The third kappa shape index (κ3) is 4.28. The van der Waals surface area contributed by atoms with Gasteiger partial charge in [-0.05, 0) is 43.2 Å². The van der Waals surface area contributed by atoms with E-state index in [1.54, 1.807) is 35.6 Å². The summed E-state index contributed by atoms with van der Waals surface area (Å²) in [5.74, 6) is 0.188. The van der Waals surface area contributed by atoms with E-state index in [1.807, 2.05) is 0 Å². The van der Waals surface area contributed by atoms with Crippen molar-refractivity contribution in [1.82, 2.24) is 5.32 Å². The average molecular weight is 297 g/mol. The number of hydrogen-bond acceptors (Lipinski definition) is 3. The quantitative estimate of drug-likeness (QED) is 0.860. The highest BCUT2D eigenvalue weighted by Gasteiger charge is 2.04. The summed E-state index contributed by atoms with van der Waals surface area (Å²) in [6.07, 6.45) is 0. The normalized spacial score (nSPS) is 11.1. The molecule has 0 unspecified atom stereocenters. The number of ether oxygens (including phenoxy) is 1. The van der Waals surface area contributed by atoms with E-state index in [9.17, 15) is 8.78 Å². The van der Waals surface area contributed by atoms with Gasteiger partial charge in [0.2, 0.25) is 0 Å². The molecule has 1 heterocycles. The summed E-state index contributed by atoms with van der Waals surface area (Å²) in [7, 11) is 0. The zero-order valence-corrected chi connectivity index (χ0v) is 12.3. The molecule has 2 aromatic rings. The monoisotopic (exact) mass is 297 g/mol. The highest BCUT2D eigenvalue weighted by atomic mass is 32.1. The van der Waals surface area contributed by atoms with Crippen LogP contribution >= 0.6 is 11.3 Å². The standard InChI is InChI=1S/C15H17F2NOS/c1-10-7-13(11(2)20-10)9-18-8-12-3-5-14(6-4-12)19-15(16)17/h3-7,15,18H,8-9H2,1-2H3. The van der Waals surface area contributed by atoms with E-state index in [4.69, 9.17) is 0 Å².